The van der Waals surface area contributed by atoms with E-state index in [1.165, 1.54) is 40.5 Å². The summed E-state index contributed by atoms with van der Waals surface area (Å²) in [5.41, 5.74) is 13.9. The van der Waals surface area contributed by atoms with Crippen molar-refractivity contribution in [1.82, 2.24) is 15.2 Å². The van der Waals surface area contributed by atoms with Crippen LogP contribution in [0.1, 0.15) is 16.3 Å². The number of carboxylic acid groups (broad SMARTS) is 1. The van der Waals surface area contributed by atoms with Gasteiger partial charge in [-0.05, 0) is 0 Å². The highest BCUT2D eigenvalue weighted by molar-refractivity contribution is 8.00. The van der Waals surface area contributed by atoms with Crippen molar-refractivity contribution in [3.05, 3.63) is 38.4 Å². The Bertz CT molecular complexity index is 1350. The number of aliphatic carboxylic acids is 1. The normalized spacial score (nSPS) is 19.1. The van der Waals surface area contributed by atoms with Crippen LogP contribution in [0, 0.1) is 6.92 Å². The summed E-state index contributed by atoms with van der Waals surface area (Å²) in [6.45, 7) is 2.28. The number of hydrogen-bond donors (Lipinski definition) is 4. The predicted octanol–water partition coefficient (Wildman–Crippen LogP) is -0.190. The number of nitrogen functional groups attached to an aromatic ring is 1. The number of carbonyl (C=O) groups excluding carboxylic acids is 3. The third-order valence-corrected chi connectivity index (χ3v) is 8.95. The first kappa shape index (κ1) is 27.3. The Morgan fingerprint density at radius 3 is 2.76 bits per heavy atom. The lowest BCUT2D eigenvalue weighted by Crippen LogP contribution is -2.71. The molecular formula is C21H24N7O7S3+. The van der Waals surface area contributed by atoms with Crippen LogP contribution < -0.4 is 21.4 Å². The van der Waals surface area contributed by atoms with Crippen LogP contribution >= 0.6 is 34.4 Å². The molecule has 0 aliphatic carbocycles. The maximum Gasteiger partial charge on any atom is 0.404 e. The molecule has 0 unspecified atom stereocenters. The van der Waals surface area contributed by atoms with Crippen molar-refractivity contribution in [3.8, 4) is 0 Å². The Morgan fingerprint density at radius 2 is 2.13 bits per heavy atom. The Labute approximate surface area is 228 Å². The van der Waals surface area contributed by atoms with Gasteiger partial charge >= 0.3 is 12.1 Å². The molecule has 2 aromatic heterocycles. The van der Waals surface area contributed by atoms with Crippen molar-refractivity contribution in [3.63, 3.8) is 0 Å². The van der Waals surface area contributed by atoms with E-state index in [1.54, 1.807) is 0 Å². The number of anilines is 1. The maximum atomic E-state index is 13.0. The fourth-order valence-electron chi connectivity index (χ4n) is 4.00. The van der Waals surface area contributed by atoms with E-state index in [-0.39, 0.29) is 35.4 Å². The van der Waals surface area contributed by atoms with Gasteiger partial charge in [-0.15, -0.1) is 23.1 Å². The standard InChI is InChI=1S/C21H23N7O7S3/c1-9-12(3-4-35-21(23)33)38-8-27(9)5-10-6-36-18-14(17(30)28(18)15(10)19(31)32)25-16(29)13(26-34-2)11-7-37-20(22)24-11/h7-8,14,18H,3-6H2,1-2H3,(H5-,22,23,24,25,29,31,32,33)/p+1/b26-13-/t14-,18-/m1/s1. The number of oxime groups is 1. The zero-order valence-corrected chi connectivity index (χ0v) is 22.7. The molecular weight excluding hydrogens is 558 g/mol. The number of carbonyl (C=O) groups is 4. The zero-order valence-electron chi connectivity index (χ0n) is 20.2. The molecule has 0 aromatic carbocycles. The van der Waals surface area contributed by atoms with Crippen LogP contribution in [0.2, 0.25) is 0 Å². The maximum absolute atomic E-state index is 13.0. The van der Waals surface area contributed by atoms with E-state index in [1.807, 2.05) is 17.0 Å². The summed E-state index contributed by atoms with van der Waals surface area (Å²) >= 11 is 3.92. The van der Waals surface area contributed by atoms with E-state index in [9.17, 15) is 24.3 Å². The van der Waals surface area contributed by atoms with E-state index in [0.29, 0.717) is 17.7 Å². The van der Waals surface area contributed by atoms with Crippen LogP contribution in [0.15, 0.2) is 27.3 Å². The van der Waals surface area contributed by atoms with Gasteiger partial charge in [0.1, 0.15) is 29.9 Å². The topological polar surface area (TPSA) is 203 Å². The van der Waals surface area contributed by atoms with E-state index < -0.39 is 35.3 Å². The minimum atomic E-state index is -1.23. The smallest absolute Gasteiger partial charge is 0.404 e. The van der Waals surface area contributed by atoms with Crippen molar-refractivity contribution in [2.75, 3.05) is 25.2 Å². The lowest BCUT2D eigenvalue weighted by atomic mass is 10.0. The molecule has 0 saturated carbocycles. The minimum absolute atomic E-state index is 0.0981. The highest BCUT2D eigenvalue weighted by Crippen LogP contribution is 2.40. The van der Waals surface area contributed by atoms with Crippen LogP contribution in [-0.2, 0) is 36.9 Å². The van der Waals surface area contributed by atoms with Crippen LogP contribution in [0.5, 0.6) is 0 Å². The number of fused-ring (bicyclic) bond motifs is 1. The molecule has 2 aliphatic heterocycles. The molecule has 4 rings (SSSR count). The second kappa shape index (κ2) is 11.4. The van der Waals surface area contributed by atoms with E-state index >= 15 is 0 Å². The van der Waals surface area contributed by atoms with Gasteiger partial charge < -0.3 is 31.5 Å². The first-order valence-corrected chi connectivity index (χ1v) is 13.8. The fourth-order valence-corrected chi connectivity index (χ4v) is 6.86. The van der Waals surface area contributed by atoms with E-state index in [4.69, 9.17) is 21.0 Å². The van der Waals surface area contributed by atoms with Gasteiger partial charge in [0.15, 0.2) is 23.1 Å². The van der Waals surface area contributed by atoms with Gasteiger partial charge in [-0.25, -0.2) is 14.6 Å². The number of nitrogens with two attached hydrogens (primary N) is 2. The summed E-state index contributed by atoms with van der Waals surface area (Å²) in [6, 6.07) is -0.950. The number of amides is 3. The summed E-state index contributed by atoms with van der Waals surface area (Å²) in [6.07, 6.45) is -0.372. The highest BCUT2D eigenvalue weighted by Gasteiger charge is 2.55. The molecule has 6 N–H and O–H groups in total. The molecule has 14 nitrogen and oxygen atoms in total. The molecule has 202 valence electrons. The number of carboxylic acids is 1. The largest absolute Gasteiger partial charge is 0.477 e. The third kappa shape index (κ3) is 5.44. The molecule has 38 heavy (non-hydrogen) atoms. The van der Waals surface area contributed by atoms with Crippen LogP contribution in [0.3, 0.4) is 0 Å². The molecule has 0 radical (unpaired) electrons. The number of rotatable bonds is 10. The Hall–Kier alpha value is -3.70. The number of nitrogens with one attached hydrogen (secondary N) is 1. The van der Waals surface area contributed by atoms with Crippen molar-refractivity contribution in [2.24, 2.45) is 10.9 Å². The van der Waals surface area contributed by atoms with Crippen LogP contribution in [0.4, 0.5) is 9.93 Å². The van der Waals surface area contributed by atoms with Gasteiger partial charge in [0.05, 0.1) is 11.5 Å². The lowest BCUT2D eigenvalue weighted by Gasteiger charge is -2.49. The molecule has 1 fully saturated rings. The molecule has 2 atom stereocenters. The third-order valence-electron chi connectivity index (χ3n) is 5.79. The number of nitrogens with zero attached hydrogens (tertiary/aromatic N) is 4. The number of aromatic nitrogens is 2. The highest BCUT2D eigenvalue weighted by atomic mass is 32.2. The van der Waals surface area contributed by atoms with Crippen LogP contribution in [-0.4, -0.2) is 75.5 Å². The van der Waals surface area contributed by atoms with Gasteiger partial charge in [-0.3, -0.25) is 14.5 Å². The summed E-state index contributed by atoms with van der Waals surface area (Å²) < 4.78 is 6.68. The van der Waals surface area contributed by atoms with Crippen molar-refractivity contribution >= 4 is 69.2 Å². The average Bonchev–Trinajstić information content (AvgIpc) is 3.45. The Kier molecular flexibility index (Phi) is 8.17. The van der Waals surface area contributed by atoms with E-state index in [2.05, 4.69) is 15.5 Å². The monoisotopic (exact) mass is 582 g/mol. The van der Waals surface area contributed by atoms with Gasteiger partial charge in [0.25, 0.3) is 11.8 Å². The Balaban J connectivity index is 1.49. The zero-order chi connectivity index (χ0) is 27.6. The molecule has 2 aliphatic rings. The fraction of sp³-hybridized carbons (Fsp3) is 0.381. The molecule has 3 amide bonds. The first-order chi connectivity index (χ1) is 18.1. The van der Waals surface area contributed by atoms with Crippen molar-refractivity contribution in [1.29, 1.82) is 0 Å². The van der Waals surface area contributed by atoms with Crippen molar-refractivity contribution < 1.29 is 38.4 Å². The van der Waals surface area contributed by atoms with E-state index in [0.717, 1.165) is 21.9 Å². The van der Waals surface area contributed by atoms with Gasteiger partial charge in [-0.1, -0.05) is 16.5 Å². The van der Waals surface area contributed by atoms with Crippen LogP contribution in [0.25, 0.3) is 0 Å². The number of hydrogen-bond acceptors (Lipinski definition) is 12. The molecule has 0 spiro atoms. The molecule has 0 bridgehead atoms. The number of thioether (sulfide) groups is 1. The van der Waals surface area contributed by atoms with Crippen molar-refractivity contribution in [2.45, 2.75) is 31.3 Å². The molecule has 4 heterocycles. The molecule has 2 aromatic rings. The predicted molar refractivity (Wildman–Crippen MR) is 138 cm³/mol. The SMILES string of the molecule is CO/N=C(\C(=O)N[C@@H]1C(=O)N2C(C(=O)O)=C(C[n+]3csc(CCOC(N)=O)c3C)CS[C@H]12)c1csc(N)n1. The number of thiazole rings is 2. The second-order valence-corrected chi connectivity index (χ2v) is 11.0. The lowest BCUT2D eigenvalue weighted by molar-refractivity contribution is -0.690. The number of ether oxygens (including phenoxy) is 1. The van der Waals surface area contributed by atoms with Gasteiger partial charge in [0, 0.05) is 30.1 Å². The summed E-state index contributed by atoms with van der Waals surface area (Å²) in [5.74, 6) is -2.13. The number of β-lactam (4-membered cyclic amide) rings is 1. The first-order valence-electron chi connectivity index (χ1n) is 11.0. The average molecular weight is 583 g/mol. The quantitative estimate of drug-likeness (QED) is 0.126. The van der Waals surface area contributed by atoms with Gasteiger partial charge in [0.2, 0.25) is 5.51 Å². The van der Waals surface area contributed by atoms with Gasteiger partial charge in [-0.2, -0.15) is 4.57 Å². The summed E-state index contributed by atoms with van der Waals surface area (Å²) in [5, 5.41) is 17.5. The summed E-state index contributed by atoms with van der Waals surface area (Å²) in [7, 11) is 1.27. The minimum Gasteiger partial charge on any atom is -0.477 e. The second-order valence-electron chi connectivity index (χ2n) is 8.09. The molecule has 1 saturated heterocycles. The summed E-state index contributed by atoms with van der Waals surface area (Å²) in [4.78, 5) is 59.9. The Morgan fingerprint density at radius 1 is 1.37 bits per heavy atom. The number of primary amides is 1. The molecule has 17 heteroatoms.